The molecule has 0 saturated heterocycles. The molecule has 3 nitrogen and oxygen atoms in total. The van der Waals surface area contributed by atoms with Crippen molar-refractivity contribution in [1.82, 2.24) is 0 Å². The highest BCUT2D eigenvalue weighted by Gasteiger charge is 2.33. The Hall–Kier alpha value is -4.76. The second-order valence-electron chi connectivity index (χ2n) is 10.1. The number of hydrogen-bond acceptors (Lipinski definition) is 3. The van der Waals surface area contributed by atoms with Crippen molar-refractivity contribution < 1.29 is 4.74 Å². The molecule has 0 fully saturated rings. The van der Waals surface area contributed by atoms with Crippen molar-refractivity contribution in [2.75, 3.05) is 10.2 Å². The summed E-state index contributed by atoms with van der Waals surface area (Å²) in [5, 5.41) is 6.18. The Labute approximate surface area is 222 Å². The van der Waals surface area contributed by atoms with Crippen LogP contribution in [0, 0.1) is 0 Å². The molecule has 0 bridgehead atoms. The van der Waals surface area contributed by atoms with Crippen molar-refractivity contribution in [2.24, 2.45) is 0 Å². The molecule has 3 heteroatoms. The summed E-state index contributed by atoms with van der Waals surface area (Å²) in [5.41, 5.74) is 8.52. The molecule has 2 heterocycles. The molecule has 2 aliphatic heterocycles. The van der Waals surface area contributed by atoms with Gasteiger partial charge in [-0.05, 0) is 58.3 Å². The first-order chi connectivity index (χ1) is 18.8. The zero-order valence-corrected chi connectivity index (χ0v) is 20.8. The lowest BCUT2D eigenvalue weighted by Crippen LogP contribution is -2.37. The van der Waals surface area contributed by atoms with Gasteiger partial charge in [0.2, 0.25) is 0 Å². The van der Waals surface area contributed by atoms with Gasteiger partial charge in [-0.25, -0.2) is 0 Å². The van der Waals surface area contributed by atoms with E-state index in [1.54, 1.807) is 0 Å². The molecule has 0 spiro atoms. The minimum absolute atomic E-state index is 0.0869. The fourth-order valence-corrected chi connectivity index (χ4v) is 6.24. The molecule has 0 radical (unpaired) electrons. The van der Waals surface area contributed by atoms with E-state index in [1.165, 1.54) is 44.4 Å². The summed E-state index contributed by atoms with van der Waals surface area (Å²) >= 11 is 0. The number of hydrogen-bond donors (Lipinski definition) is 1. The fraction of sp³-hybridized carbons (Fsp3) is 0.0857. The zero-order valence-electron chi connectivity index (χ0n) is 20.8. The molecular formula is C35H26N2O. The molecule has 0 saturated carbocycles. The van der Waals surface area contributed by atoms with Gasteiger partial charge in [-0.3, -0.25) is 0 Å². The van der Waals surface area contributed by atoms with Crippen molar-refractivity contribution in [3.63, 3.8) is 0 Å². The lowest BCUT2D eigenvalue weighted by molar-refractivity contribution is 0.487. The van der Waals surface area contributed by atoms with Crippen LogP contribution in [-0.4, -0.2) is 6.04 Å². The number of allylic oxidation sites excluding steroid dienone is 2. The Kier molecular flexibility index (Phi) is 4.71. The lowest BCUT2D eigenvalue weighted by Gasteiger charge is -2.34. The van der Waals surface area contributed by atoms with Gasteiger partial charge in [-0.15, -0.1) is 0 Å². The molecule has 1 N–H and O–H groups in total. The lowest BCUT2D eigenvalue weighted by atomic mass is 9.90. The highest BCUT2D eigenvalue weighted by atomic mass is 16.5. The molecule has 5 aromatic carbocycles. The van der Waals surface area contributed by atoms with Gasteiger partial charge in [-0.1, -0.05) is 103 Å². The van der Waals surface area contributed by atoms with Crippen LogP contribution in [0.25, 0.3) is 33.0 Å². The summed E-state index contributed by atoms with van der Waals surface area (Å²) in [6, 6.07) is 37.2. The Morgan fingerprint density at radius 3 is 2.42 bits per heavy atom. The van der Waals surface area contributed by atoms with Crippen LogP contribution in [0.5, 0.6) is 11.5 Å². The SMILES string of the molecule is C1=CCC(N2c3ccccc3NC2c2ccc(-c3ccc4c5c(cccc35)-c3ccccc3O4)cc2)C=C1. The summed E-state index contributed by atoms with van der Waals surface area (Å²) in [6.07, 6.45) is 9.96. The second-order valence-corrected chi connectivity index (χ2v) is 10.1. The van der Waals surface area contributed by atoms with Crippen LogP contribution in [0.3, 0.4) is 0 Å². The molecule has 3 aliphatic rings. The summed E-state index contributed by atoms with van der Waals surface area (Å²) < 4.78 is 6.30. The number of nitrogens with one attached hydrogen (secondary N) is 1. The monoisotopic (exact) mass is 490 g/mol. The van der Waals surface area contributed by atoms with E-state index in [2.05, 4.69) is 126 Å². The number of anilines is 2. The molecule has 38 heavy (non-hydrogen) atoms. The standard InChI is InChI=1S/C35H26N2O/c1-2-9-25(10-3-1)37-31-15-6-5-14-30(31)36-35(37)24-19-17-23(18-20-24)26-21-22-33-34-28(26)12-8-13-29(34)27-11-4-7-16-32(27)38-33/h1-9,11-22,25,35-36H,10H2. The topological polar surface area (TPSA) is 24.5 Å². The molecular weight excluding hydrogens is 464 g/mol. The Bertz CT molecular complexity index is 1770. The number of fused-ring (bicyclic) bond motifs is 3. The fourth-order valence-electron chi connectivity index (χ4n) is 6.24. The third-order valence-electron chi connectivity index (χ3n) is 8.00. The van der Waals surface area contributed by atoms with E-state index >= 15 is 0 Å². The molecule has 1 aliphatic carbocycles. The first-order valence-electron chi connectivity index (χ1n) is 13.3. The average molecular weight is 491 g/mol. The first kappa shape index (κ1) is 21.3. The summed E-state index contributed by atoms with van der Waals surface area (Å²) in [6.45, 7) is 0. The Morgan fingerprint density at radius 2 is 1.53 bits per heavy atom. The molecule has 5 aromatic rings. The summed E-state index contributed by atoms with van der Waals surface area (Å²) in [5.74, 6) is 1.84. The van der Waals surface area contributed by atoms with Crippen molar-refractivity contribution in [3.05, 3.63) is 133 Å². The molecule has 0 aromatic heterocycles. The van der Waals surface area contributed by atoms with Gasteiger partial charge in [0.1, 0.15) is 17.7 Å². The van der Waals surface area contributed by atoms with E-state index in [-0.39, 0.29) is 6.17 Å². The Balaban J connectivity index is 1.19. The normalized spacial score (nSPS) is 18.6. The van der Waals surface area contributed by atoms with Gasteiger partial charge in [0, 0.05) is 10.9 Å². The number of benzene rings is 5. The highest BCUT2D eigenvalue weighted by Crippen LogP contribution is 2.49. The van der Waals surface area contributed by atoms with E-state index in [1.807, 2.05) is 12.1 Å². The maximum atomic E-state index is 6.30. The average Bonchev–Trinajstić information content (AvgIpc) is 3.38. The van der Waals surface area contributed by atoms with Crippen LogP contribution in [0.2, 0.25) is 0 Å². The maximum absolute atomic E-state index is 6.30. The largest absolute Gasteiger partial charge is 0.456 e. The minimum Gasteiger partial charge on any atom is -0.456 e. The molecule has 8 rings (SSSR count). The number of ether oxygens (including phenoxy) is 1. The third kappa shape index (κ3) is 3.22. The Morgan fingerprint density at radius 1 is 0.684 bits per heavy atom. The van der Waals surface area contributed by atoms with Gasteiger partial charge in [0.15, 0.2) is 0 Å². The van der Waals surface area contributed by atoms with Crippen molar-refractivity contribution in [2.45, 2.75) is 18.6 Å². The van der Waals surface area contributed by atoms with E-state index in [0.717, 1.165) is 23.5 Å². The smallest absolute Gasteiger partial charge is 0.135 e. The van der Waals surface area contributed by atoms with Crippen LogP contribution >= 0.6 is 0 Å². The van der Waals surface area contributed by atoms with Gasteiger partial charge in [0.05, 0.1) is 17.4 Å². The van der Waals surface area contributed by atoms with E-state index in [0.29, 0.717) is 6.04 Å². The van der Waals surface area contributed by atoms with E-state index < -0.39 is 0 Å². The zero-order chi connectivity index (χ0) is 25.1. The van der Waals surface area contributed by atoms with Gasteiger partial charge in [0.25, 0.3) is 0 Å². The highest BCUT2D eigenvalue weighted by molar-refractivity contribution is 6.09. The van der Waals surface area contributed by atoms with Gasteiger partial charge >= 0.3 is 0 Å². The van der Waals surface area contributed by atoms with Crippen LogP contribution in [0.4, 0.5) is 11.4 Å². The number of rotatable bonds is 3. The van der Waals surface area contributed by atoms with Gasteiger partial charge in [-0.2, -0.15) is 0 Å². The van der Waals surface area contributed by atoms with Crippen molar-refractivity contribution in [1.29, 1.82) is 0 Å². The van der Waals surface area contributed by atoms with Gasteiger partial charge < -0.3 is 15.0 Å². The molecule has 2 unspecified atom stereocenters. The maximum Gasteiger partial charge on any atom is 0.135 e. The van der Waals surface area contributed by atoms with Crippen molar-refractivity contribution in [3.8, 4) is 33.8 Å². The van der Waals surface area contributed by atoms with Crippen LogP contribution < -0.4 is 15.0 Å². The second kappa shape index (κ2) is 8.39. The number of nitrogens with zero attached hydrogens (tertiary/aromatic N) is 1. The van der Waals surface area contributed by atoms with Crippen LogP contribution in [0.15, 0.2) is 127 Å². The van der Waals surface area contributed by atoms with E-state index in [9.17, 15) is 0 Å². The predicted molar refractivity (Wildman–Crippen MR) is 157 cm³/mol. The number of para-hydroxylation sites is 3. The minimum atomic E-state index is 0.0869. The van der Waals surface area contributed by atoms with Crippen LogP contribution in [-0.2, 0) is 0 Å². The molecule has 2 atom stereocenters. The summed E-state index contributed by atoms with van der Waals surface area (Å²) in [7, 11) is 0. The van der Waals surface area contributed by atoms with Crippen LogP contribution in [0.1, 0.15) is 18.2 Å². The van der Waals surface area contributed by atoms with E-state index in [4.69, 9.17) is 4.74 Å². The predicted octanol–water partition coefficient (Wildman–Crippen LogP) is 9.09. The third-order valence-corrected chi connectivity index (χ3v) is 8.00. The molecule has 0 amide bonds. The molecule has 182 valence electrons. The summed E-state index contributed by atoms with van der Waals surface area (Å²) in [4.78, 5) is 2.52. The first-order valence-corrected chi connectivity index (χ1v) is 13.3. The van der Waals surface area contributed by atoms with Crippen molar-refractivity contribution >= 4 is 22.1 Å². The quantitative estimate of drug-likeness (QED) is 0.268.